The number of hydrogen-bond donors (Lipinski definition) is 23. The van der Waals surface area contributed by atoms with E-state index in [1.165, 1.54) is 65.8 Å². The quantitative estimate of drug-likeness (QED) is 0.0127. The van der Waals surface area contributed by atoms with Crippen LogP contribution in [0.15, 0.2) is 97.2 Å². The Morgan fingerprint density at radius 2 is 1.07 bits per heavy atom. The fourth-order valence-corrected chi connectivity index (χ4v) is 16.5. The van der Waals surface area contributed by atoms with Gasteiger partial charge in [-0.1, -0.05) is 120 Å². The van der Waals surface area contributed by atoms with E-state index in [-0.39, 0.29) is 150 Å². The molecule has 3 aromatic carbocycles. The molecule has 0 fully saturated rings. The lowest BCUT2D eigenvalue weighted by molar-refractivity contribution is -0.144. The maximum absolute atomic E-state index is 15.7. The molecule has 0 saturated carbocycles. The maximum Gasteiger partial charge on any atom is 0.303 e. The number of Topliss-reactive ketones (excluding diaryl/α,β-unsaturated/α-hetero) is 12. The third kappa shape index (κ3) is 44.8. The number of allylic oxidation sites excluding steroid dienone is 2. The lowest BCUT2D eigenvalue weighted by atomic mass is 9.84. The third-order valence-electron chi connectivity index (χ3n) is 26.1. The summed E-state index contributed by atoms with van der Waals surface area (Å²) in [5.74, 6) is -15.4. The zero-order chi connectivity index (χ0) is 110. The minimum Gasteiger partial charge on any atom is -0.508 e. The highest BCUT2D eigenvalue weighted by atomic mass is 16.4. The molecule has 0 radical (unpaired) electrons. The summed E-state index contributed by atoms with van der Waals surface area (Å²) in [6, 6.07) is 3.63. The van der Waals surface area contributed by atoms with E-state index >= 15 is 24.0 Å². The summed E-state index contributed by atoms with van der Waals surface area (Å²) in [6.45, 7) is 22.5. The molecule has 7 amide bonds. The van der Waals surface area contributed by atoms with Crippen molar-refractivity contribution in [2.45, 2.75) is 353 Å². The standard InChI is InChI=1S/C105H160N20O23/c1-60(2)50-80(116-70(13)127)95(140)97(142)94(69(12)126)125-124-83(52-71-30-24-23-25-31-71)103(148)119-105(15)46-29-22-20-18-16-17-19-21-28-45-104(14,91(136)59-113-64(7)86(131)44-48-109-62(5)84(129)42-47-108-63(6)85(130)43-49-110-66(9)89(134)57-112-68(11)100(145)115-67(10)99(107)144)118-102(147)81(51-61(3)4)122-120-77(38-40-92(106)137)88(133)55-87(132)65(8)111-58-90(135)79(54-73-56-114-76-33-27-26-32-75(73)76)117-101(146)82(53-72-34-36-74(128)37-35-72)123-121-78(39-41-93(138)139)96(141)98(105)143/h17,19,23-27,30-37,56,60-69,77-83,94,108-114,120-126,128H,16,18,20-22,28-29,38-55,57-59H2,1-15H3,(H2,106,137)(H2,107,144)(H,115,145)(H,116,127)(H,117,146)(H,118,147)(H,119,148)(H,138,139)/b19-17+/t62-,63-,64-,65-,66-,67+,68+,69+,77-,78-,79-,80-,81-,82-,83-,94-,104-,105+/m0/s1. The number of aliphatic carboxylic acids is 1. The van der Waals surface area contributed by atoms with Crippen LogP contribution in [-0.2, 0) is 115 Å². The number of ketones is 12. The Kier molecular flexibility index (Phi) is 55.1. The Labute approximate surface area is 865 Å². The van der Waals surface area contributed by atoms with Crippen LogP contribution >= 0.6 is 0 Å². The summed E-state index contributed by atoms with van der Waals surface area (Å²) >= 11 is 0. The number of nitrogens with one attached hydrogen (secondary N) is 18. The van der Waals surface area contributed by atoms with Gasteiger partial charge in [0.1, 0.15) is 41.5 Å². The van der Waals surface area contributed by atoms with E-state index in [4.69, 9.17) is 11.5 Å². The Bertz CT molecular complexity index is 5170. The Hall–Kier alpha value is -12.0. The van der Waals surface area contributed by atoms with E-state index in [1.54, 1.807) is 109 Å². The number of primary amides is 2. The molecule has 43 nitrogen and oxygen atoms in total. The number of para-hydroxylation sites is 1. The average molecular weight is 2070 g/mol. The van der Waals surface area contributed by atoms with Crippen molar-refractivity contribution in [2.24, 2.45) is 23.3 Å². The van der Waals surface area contributed by atoms with Gasteiger partial charge >= 0.3 is 5.97 Å². The smallest absolute Gasteiger partial charge is 0.303 e. The minimum atomic E-state index is -2.16. The Balaban J connectivity index is 1.47. The highest BCUT2D eigenvalue weighted by molar-refractivity contribution is 6.43. The van der Waals surface area contributed by atoms with Gasteiger partial charge in [-0.15, -0.1) is 0 Å². The third-order valence-corrected chi connectivity index (χ3v) is 26.1. The summed E-state index contributed by atoms with van der Waals surface area (Å²) in [5, 5.41) is 63.9. The number of hydrazine groups is 3. The van der Waals surface area contributed by atoms with E-state index in [0.29, 0.717) is 66.1 Å². The number of fused-ring (bicyclic) bond motifs is 1. The van der Waals surface area contributed by atoms with Crippen molar-refractivity contribution in [1.82, 2.24) is 96.0 Å². The van der Waals surface area contributed by atoms with E-state index in [2.05, 4.69) is 96.0 Å². The minimum absolute atomic E-state index is 0.0351. The molecule has 0 saturated heterocycles. The van der Waals surface area contributed by atoms with Gasteiger partial charge < -0.3 is 84.9 Å². The van der Waals surface area contributed by atoms with Crippen LogP contribution in [0.4, 0.5) is 0 Å². The van der Waals surface area contributed by atoms with Crippen LogP contribution in [0.3, 0.4) is 0 Å². The number of H-pyrrole nitrogens is 1. The summed E-state index contributed by atoms with van der Waals surface area (Å²) < 4.78 is 0. The van der Waals surface area contributed by atoms with Crippen molar-refractivity contribution < 1.29 is 111 Å². The summed E-state index contributed by atoms with van der Waals surface area (Å²) in [4.78, 5) is 281. The second-order valence-corrected chi connectivity index (χ2v) is 39.9. The van der Waals surface area contributed by atoms with E-state index in [9.17, 15) is 87.2 Å². The van der Waals surface area contributed by atoms with Crippen molar-refractivity contribution in [3.8, 4) is 5.75 Å². The van der Waals surface area contributed by atoms with Gasteiger partial charge in [0.2, 0.25) is 64.5 Å². The molecule has 0 unspecified atom stereocenters. The largest absolute Gasteiger partial charge is 0.508 e. The van der Waals surface area contributed by atoms with Crippen molar-refractivity contribution >= 4 is 128 Å². The van der Waals surface area contributed by atoms with Gasteiger partial charge in [0.15, 0.2) is 46.3 Å². The number of aromatic amines is 1. The predicted molar refractivity (Wildman–Crippen MR) is 555 cm³/mol. The first-order valence-electron chi connectivity index (χ1n) is 51.2. The number of phenols is 1. The number of hydrogen-bond acceptors (Lipinski definition) is 34. The second-order valence-electron chi connectivity index (χ2n) is 39.9. The van der Waals surface area contributed by atoms with Crippen molar-refractivity contribution in [3.05, 3.63) is 114 Å². The number of amides is 7. The van der Waals surface area contributed by atoms with E-state index < -0.39 is 234 Å². The molecular weight excluding hydrogens is 1910 g/mol. The molecule has 5 rings (SSSR count). The van der Waals surface area contributed by atoms with Crippen molar-refractivity contribution in [1.29, 1.82) is 0 Å². The highest BCUT2D eigenvalue weighted by Gasteiger charge is 2.45. The molecule has 2 heterocycles. The lowest BCUT2D eigenvalue weighted by Crippen LogP contribution is -2.65. The number of carbonyl (C=O) groups is 20. The van der Waals surface area contributed by atoms with Crippen LogP contribution in [0, 0.1) is 11.8 Å². The van der Waals surface area contributed by atoms with Gasteiger partial charge in [-0.2, -0.15) is 0 Å². The molecular formula is C105H160N20O23. The zero-order valence-corrected chi connectivity index (χ0v) is 88.1. The SMILES string of the molecule is CC(=O)N[C@@H](CC(C)C)C(=O)C(=O)[C@@H](NN[C@@H](Cc1ccccc1)C(=O)N[C@]1(C)CCCCCC/C=C/CCC[C@@](C)(C(=O)CN[C@@H](C)C(=O)CCN[C@@H](C)C(=O)CCN[C@@H](C)C(=O)CCN[C@@H](C)C(=O)CN[C@H](C)C(=O)N[C@H](C)C(N)=O)NC(=O)[C@H](CC(C)C)NN[C@@H](CCC(N)=O)C(=O)CC(=O)[C@H](C)NCC(=O)[C@H](Cc2c[nH]c3ccccc23)NC(=O)[C@H](Cc2ccc(O)cc2)NN[C@@H](CCC(=O)O)C(=O)C1=O)[C@@H](C)O. The number of rotatable bonds is 52. The summed E-state index contributed by atoms with van der Waals surface area (Å²) in [7, 11) is 0. The first-order valence-corrected chi connectivity index (χ1v) is 51.2. The van der Waals surface area contributed by atoms with Gasteiger partial charge in [0.25, 0.3) is 0 Å². The number of phenolic OH excluding ortho intramolecular Hbond substituents is 1. The number of carbonyl (C=O) groups excluding carboxylic acids is 19. The number of carboxylic acid groups (broad SMARTS) is 1. The van der Waals surface area contributed by atoms with Crippen LogP contribution < -0.4 is 103 Å². The van der Waals surface area contributed by atoms with Gasteiger partial charge in [-0.25, -0.2) is 32.6 Å². The Morgan fingerprint density at radius 3 is 1.66 bits per heavy atom. The molecule has 25 N–H and O–H groups in total. The van der Waals surface area contributed by atoms with Gasteiger partial charge in [0, 0.05) is 82.2 Å². The van der Waals surface area contributed by atoms with Crippen LogP contribution in [0.25, 0.3) is 10.9 Å². The molecule has 818 valence electrons. The topological polar surface area (TPSA) is 674 Å². The Morgan fingerprint density at radius 1 is 0.514 bits per heavy atom. The fourth-order valence-electron chi connectivity index (χ4n) is 16.5. The molecule has 1 aliphatic heterocycles. The first kappa shape index (κ1) is 126. The number of aromatic nitrogens is 1. The van der Waals surface area contributed by atoms with Crippen LogP contribution in [0.1, 0.15) is 243 Å². The number of aliphatic hydroxyl groups excluding tert-OH is 1. The molecule has 1 aliphatic rings. The van der Waals surface area contributed by atoms with Gasteiger partial charge in [-0.3, -0.25) is 101 Å². The number of benzene rings is 3. The molecule has 1 aromatic heterocycles. The van der Waals surface area contributed by atoms with Crippen molar-refractivity contribution in [2.75, 3.05) is 39.3 Å². The van der Waals surface area contributed by atoms with E-state index in [0.717, 1.165) is 0 Å². The van der Waals surface area contributed by atoms with Crippen LogP contribution in [0.2, 0.25) is 0 Å². The average Bonchev–Trinajstić information content (AvgIpc) is 1.22. The molecule has 0 spiro atoms. The molecule has 4 aromatic rings. The summed E-state index contributed by atoms with van der Waals surface area (Å²) in [5.41, 5.74) is 26.2. The van der Waals surface area contributed by atoms with E-state index in [1.807, 2.05) is 26.0 Å². The molecule has 0 bridgehead atoms. The second kappa shape index (κ2) is 64.4. The molecule has 0 aliphatic carbocycles. The number of aromatic hydroxyl groups is 1. The van der Waals surface area contributed by atoms with Gasteiger partial charge in [-0.05, 0) is 193 Å². The summed E-state index contributed by atoms with van der Waals surface area (Å²) in [6.07, 6.45) is 3.34. The molecule has 18 atom stereocenters. The predicted octanol–water partition coefficient (Wildman–Crippen LogP) is 1.07. The van der Waals surface area contributed by atoms with Crippen molar-refractivity contribution in [3.63, 3.8) is 0 Å². The van der Waals surface area contributed by atoms with Gasteiger partial charge in [0.05, 0.1) is 98.1 Å². The van der Waals surface area contributed by atoms with Crippen LogP contribution in [0.5, 0.6) is 5.75 Å². The normalized spacial score (nSPS) is 21.8. The fraction of sp³-hybridized carbons (Fsp3) is 0.600. The lowest BCUT2D eigenvalue weighted by Gasteiger charge is -2.33. The van der Waals surface area contributed by atoms with Crippen LogP contribution in [-0.4, -0.2) is 284 Å². The zero-order valence-electron chi connectivity index (χ0n) is 88.1. The number of nitrogens with two attached hydrogens (primary N) is 2. The molecule has 148 heavy (non-hydrogen) atoms. The molecule has 43 heteroatoms. The first-order chi connectivity index (χ1) is 69.8. The monoisotopic (exact) mass is 2070 g/mol. The number of carboxylic acids is 1. The number of aliphatic hydroxyl groups is 1. The maximum atomic E-state index is 15.7. The highest BCUT2D eigenvalue weighted by Crippen LogP contribution is 2.26.